The van der Waals surface area contributed by atoms with Crippen LogP contribution in [0.5, 0.6) is 0 Å². The van der Waals surface area contributed by atoms with Gasteiger partial charge in [0.05, 0.1) is 0 Å². The molecule has 0 unspecified atom stereocenters. The van der Waals surface area contributed by atoms with Crippen molar-refractivity contribution in [2.75, 3.05) is 13.1 Å². The van der Waals surface area contributed by atoms with Gasteiger partial charge in [-0.1, -0.05) is 6.42 Å². The van der Waals surface area contributed by atoms with Crippen LogP contribution in [0, 0.1) is 0 Å². The maximum absolute atomic E-state index is 7.31. The molecule has 1 heteroatoms. The van der Waals surface area contributed by atoms with Crippen molar-refractivity contribution < 1.29 is 8.22 Å². The minimum Gasteiger partial charge on any atom is -0.301 e. The van der Waals surface area contributed by atoms with Gasteiger partial charge in [-0.25, -0.2) is 0 Å². The van der Waals surface area contributed by atoms with E-state index in [-0.39, 0.29) is 0 Å². The van der Waals surface area contributed by atoms with Crippen LogP contribution in [0.1, 0.15) is 41.2 Å². The lowest BCUT2D eigenvalue weighted by molar-refractivity contribution is 0.185. The van der Waals surface area contributed by atoms with Crippen molar-refractivity contribution in [3.63, 3.8) is 0 Å². The number of piperidine rings is 1. The Morgan fingerprint density at radius 1 is 1.22 bits per heavy atom. The molecule has 0 aromatic carbocycles. The monoisotopic (exact) mass is 133 g/mol. The smallest absolute Gasteiger partial charge is 0.0246 e. The van der Waals surface area contributed by atoms with Crippen molar-refractivity contribution in [3.05, 3.63) is 0 Å². The fourth-order valence-corrected chi connectivity index (χ4v) is 1.18. The second-order valence-corrected chi connectivity index (χ2v) is 2.50. The molecule has 0 spiro atoms. The van der Waals surface area contributed by atoms with Crippen molar-refractivity contribution in [2.45, 2.75) is 39.0 Å². The zero-order chi connectivity index (χ0) is 11.7. The van der Waals surface area contributed by atoms with Gasteiger partial charge in [-0.3, -0.25) is 0 Å². The highest BCUT2D eigenvalue weighted by atomic mass is 15.1. The summed E-state index contributed by atoms with van der Waals surface area (Å²) in [6.45, 7) is -3.69. The summed E-state index contributed by atoms with van der Waals surface area (Å²) in [5.41, 5.74) is 0. The van der Waals surface area contributed by atoms with Crippen molar-refractivity contribution >= 4 is 0 Å². The molecule has 1 heterocycles. The number of rotatable bonds is 1. The second-order valence-electron chi connectivity index (χ2n) is 2.50. The highest BCUT2D eigenvalue weighted by molar-refractivity contribution is 4.67. The number of likely N-dealkylation sites (tertiary alicyclic amines) is 1. The van der Waals surface area contributed by atoms with Gasteiger partial charge < -0.3 is 4.90 Å². The summed E-state index contributed by atoms with van der Waals surface area (Å²) in [5, 5.41) is 0. The van der Waals surface area contributed by atoms with Gasteiger partial charge >= 0.3 is 0 Å². The number of nitrogens with zero attached hydrogens (tertiary/aromatic N) is 1. The topological polar surface area (TPSA) is 3.24 Å². The fourth-order valence-electron chi connectivity index (χ4n) is 1.18. The Balaban J connectivity index is 2.80. The normalized spacial score (nSPS) is 35.7. The van der Waals surface area contributed by atoms with Gasteiger partial charge in [0, 0.05) is 14.3 Å². The molecule has 0 aromatic heterocycles. The predicted molar refractivity (Wildman–Crippen MR) is 40.6 cm³/mol. The zero-order valence-electron chi connectivity index (χ0n) is 11.6. The van der Waals surface area contributed by atoms with Gasteiger partial charge in [0.25, 0.3) is 0 Å². The fraction of sp³-hybridized carbons (Fsp3) is 1.00. The first-order valence-corrected chi connectivity index (χ1v) is 3.47. The summed E-state index contributed by atoms with van der Waals surface area (Å²) >= 11 is 0. The average Bonchev–Trinajstić information content (AvgIpc) is 2.00. The van der Waals surface area contributed by atoms with Gasteiger partial charge in [0.1, 0.15) is 0 Å². The highest BCUT2D eigenvalue weighted by Crippen LogP contribution is 2.10. The molecule has 0 bridgehead atoms. The van der Waals surface area contributed by atoms with E-state index < -0.39 is 19.7 Å². The van der Waals surface area contributed by atoms with Gasteiger partial charge in [0.15, 0.2) is 0 Å². The Morgan fingerprint density at radius 3 is 2.44 bits per heavy atom. The van der Waals surface area contributed by atoms with Crippen LogP contribution in [-0.2, 0) is 0 Å². The van der Waals surface area contributed by atoms with Crippen LogP contribution < -0.4 is 0 Å². The summed E-state index contributed by atoms with van der Waals surface area (Å²) in [6, 6.07) is -1.30. The van der Waals surface area contributed by atoms with Gasteiger partial charge in [0.2, 0.25) is 0 Å². The Kier molecular flexibility index (Phi) is 0.905. The van der Waals surface area contributed by atoms with Crippen LogP contribution >= 0.6 is 0 Å². The maximum atomic E-state index is 7.31. The van der Waals surface area contributed by atoms with E-state index in [1.807, 2.05) is 0 Å². The minimum absolute atomic E-state index is 0.585. The third-order valence-corrected chi connectivity index (χ3v) is 1.76. The lowest BCUT2D eigenvalue weighted by Crippen LogP contribution is -2.35. The molecule has 1 aliphatic heterocycles. The Hall–Kier alpha value is -0.0400. The van der Waals surface area contributed by atoms with E-state index in [1.54, 1.807) is 4.90 Å². The van der Waals surface area contributed by atoms with E-state index in [4.69, 9.17) is 8.22 Å². The molecule has 0 radical (unpaired) electrons. The lowest BCUT2D eigenvalue weighted by atomic mass is 10.1. The Morgan fingerprint density at radius 2 is 1.89 bits per heavy atom. The molecule has 54 valence electrons. The van der Waals surface area contributed by atoms with E-state index in [0.29, 0.717) is 13.1 Å². The average molecular weight is 133 g/mol. The standard InChI is InChI=1S/C8H17N/c1-8(2)9-6-4-3-5-7-9/h8H,3-7H2,1-2H3/i1D3,2D3. The summed E-state index contributed by atoms with van der Waals surface area (Å²) in [5.74, 6) is 0. The van der Waals surface area contributed by atoms with Crippen LogP contribution in [0.25, 0.3) is 0 Å². The Bertz CT molecular complexity index is 188. The van der Waals surface area contributed by atoms with Crippen molar-refractivity contribution in [1.82, 2.24) is 4.90 Å². The van der Waals surface area contributed by atoms with E-state index in [1.165, 1.54) is 0 Å². The van der Waals surface area contributed by atoms with Crippen LogP contribution in [0.2, 0.25) is 0 Å². The van der Waals surface area contributed by atoms with E-state index in [2.05, 4.69) is 0 Å². The minimum atomic E-state index is -2.43. The van der Waals surface area contributed by atoms with Crippen molar-refractivity contribution in [2.24, 2.45) is 0 Å². The van der Waals surface area contributed by atoms with Gasteiger partial charge in [-0.15, -0.1) is 0 Å². The second kappa shape index (κ2) is 3.21. The molecule has 0 amide bonds. The molecule has 0 N–H and O–H groups in total. The molecule has 1 saturated heterocycles. The highest BCUT2D eigenvalue weighted by Gasteiger charge is 2.11. The molecule has 0 atom stereocenters. The first kappa shape index (κ1) is 2.54. The maximum Gasteiger partial charge on any atom is 0.0246 e. The van der Waals surface area contributed by atoms with Gasteiger partial charge in [-0.05, 0) is 39.6 Å². The number of hydrogen-bond donors (Lipinski definition) is 0. The molecule has 1 aliphatic rings. The molecule has 9 heavy (non-hydrogen) atoms. The zero-order valence-corrected chi connectivity index (χ0v) is 5.56. The van der Waals surface area contributed by atoms with Crippen molar-refractivity contribution in [3.8, 4) is 0 Å². The van der Waals surface area contributed by atoms with Crippen LogP contribution in [0.3, 0.4) is 0 Å². The molecule has 0 aromatic rings. The molecule has 1 nitrogen and oxygen atoms in total. The van der Waals surface area contributed by atoms with Crippen LogP contribution in [0.4, 0.5) is 0 Å². The van der Waals surface area contributed by atoms with Crippen LogP contribution in [-0.4, -0.2) is 24.0 Å². The SMILES string of the molecule is [2H]C([2H])([2H])C(N1CCCCC1)C([2H])([2H])[2H]. The number of hydrogen-bond acceptors (Lipinski definition) is 1. The molecular formula is C8H17N. The molecule has 0 aliphatic carbocycles. The summed E-state index contributed by atoms with van der Waals surface area (Å²) in [7, 11) is 0. The molecule has 0 saturated carbocycles. The van der Waals surface area contributed by atoms with E-state index in [0.717, 1.165) is 19.3 Å². The lowest BCUT2D eigenvalue weighted by Gasteiger charge is -2.29. The Labute approximate surface area is 66.5 Å². The quantitative estimate of drug-likeness (QED) is 0.528. The third-order valence-electron chi connectivity index (χ3n) is 1.76. The third kappa shape index (κ3) is 1.98. The first-order chi connectivity index (χ1) is 6.73. The summed E-state index contributed by atoms with van der Waals surface area (Å²) in [4.78, 5) is 1.60. The van der Waals surface area contributed by atoms with E-state index >= 15 is 0 Å². The molecule has 1 rings (SSSR count). The predicted octanol–water partition coefficient (Wildman–Crippen LogP) is 1.88. The van der Waals surface area contributed by atoms with Gasteiger partial charge in [-0.2, -0.15) is 0 Å². The summed E-state index contributed by atoms with van der Waals surface area (Å²) in [6.07, 6.45) is 2.84. The first-order valence-electron chi connectivity index (χ1n) is 6.47. The van der Waals surface area contributed by atoms with E-state index in [9.17, 15) is 0 Å². The summed E-state index contributed by atoms with van der Waals surface area (Å²) < 4.78 is 43.9. The molecular weight excluding hydrogens is 110 g/mol. The largest absolute Gasteiger partial charge is 0.301 e. The van der Waals surface area contributed by atoms with Crippen LogP contribution in [0.15, 0.2) is 0 Å². The van der Waals surface area contributed by atoms with Crippen molar-refractivity contribution in [1.29, 1.82) is 0 Å². The molecule has 1 fully saturated rings.